The summed E-state index contributed by atoms with van der Waals surface area (Å²) in [5, 5.41) is 6.93. The molecule has 114 valence electrons. The smallest absolute Gasteiger partial charge is 0.234 e. The third-order valence-electron chi connectivity index (χ3n) is 3.71. The molecule has 2 rings (SSSR count). The molecule has 5 nitrogen and oxygen atoms in total. The number of hydrogen-bond donors (Lipinski definition) is 2. The van der Waals surface area contributed by atoms with E-state index in [0.29, 0.717) is 11.7 Å². The van der Waals surface area contributed by atoms with Gasteiger partial charge in [0.05, 0.1) is 17.7 Å². The lowest BCUT2D eigenvalue weighted by atomic mass is 9.79. The summed E-state index contributed by atoms with van der Waals surface area (Å²) < 4.78 is 5.27. The van der Waals surface area contributed by atoms with E-state index in [2.05, 4.69) is 15.6 Å². The molecule has 2 heterocycles. The second-order valence-corrected chi connectivity index (χ2v) is 6.28. The Morgan fingerprint density at radius 1 is 1.45 bits per heavy atom. The number of ether oxygens (including phenoxy) is 1. The molecule has 0 spiro atoms. The Labute approximate surface area is 129 Å². The van der Waals surface area contributed by atoms with Crippen LogP contribution in [0.4, 0.5) is 5.13 Å². The Bertz CT molecular complexity index is 433. The molecule has 1 aromatic heterocycles. The largest absolute Gasteiger partial charge is 0.384 e. The molecule has 1 aliphatic heterocycles. The first kappa shape index (κ1) is 17.4. The molecule has 2 N–H and O–H groups in total. The molecule has 0 unspecified atom stereocenters. The van der Waals surface area contributed by atoms with Gasteiger partial charge in [-0.2, -0.15) is 0 Å². The first-order valence-corrected chi connectivity index (χ1v) is 7.34. The molecule has 0 saturated carbocycles. The van der Waals surface area contributed by atoms with E-state index >= 15 is 0 Å². The maximum absolute atomic E-state index is 12.5. The zero-order chi connectivity index (χ0) is 13.9. The molecule has 0 bridgehead atoms. The Morgan fingerprint density at radius 2 is 2.10 bits per heavy atom. The highest BCUT2D eigenvalue weighted by Crippen LogP contribution is 2.32. The van der Waals surface area contributed by atoms with Crippen LogP contribution < -0.4 is 10.6 Å². The first-order chi connectivity index (χ1) is 9.07. The number of rotatable bonds is 4. The molecule has 1 saturated heterocycles. The molecule has 20 heavy (non-hydrogen) atoms. The lowest BCUT2D eigenvalue weighted by Crippen LogP contribution is -2.47. The predicted molar refractivity (Wildman–Crippen MR) is 83.9 cm³/mol. The summed E-state index contributed by atoms with van der Waals surface area (Å²) in [5.74, 6) is 0.0320. The van der Waals surface area contributed by atoms with Gasteiger partial charge >= 0.3 is 0 Å². The number of hydrogen-bond acceptors (Lipinski definition) is 5. The van der Waals surface area contributed by atoms with Gasteiger partial charge in [-0.1, -0.05) is 0 Å². The molecule has 0 aliphatic carbocycles. The van der Waals surface area contributed by atoms with E-state index in [4.69, 9.17) is 4.74 Å². The summed E-state index contributed by atoms with van der Waals surface area (Å²) >= 11 is 1.52. The van der Waals surface area contributed by atoms with Gasteiger partial charge in [-0.05, 0) is 39.8 Å². The standard InChI is InChI=1S/C13H21N3O2S.ClH/c1-9-10(2)19-12(15-9)16-11(17)13(8-18-3)4-6-14-7-5-13;/h14H,4-8H2,1-3H3,(H,15,16,17);1H. The normalized spacial score (nSPS) is 17.4. The molecule has 1 fully saturated rings. The van der Waals surface area contributed by atoms with E-state index in [0.717, 1.165) is 36.5 Å². The van der Waals surface area contributed by atoms with Crippen LogP contribution in [0, 0.1) is 19.3 Å². The fourth-order valence-corrected chi connectivity index (χ4v) is 3.18. The highest BCUT2D eigenvalue weighted by atomic mass is 35.5. The minimum atomic E-state index is -0.423. The number of nitrogens with one attached hydrogen (secondary N) is 2. The van der Waals surface area contributed by atoms with Gasteiger partial charge in [0.1, 0.15) is 0 Å². The number of halogens is 1. The molecular formula is C13H22ClN3O2S. The Hall–Kier alpha value is -0.690. The number of carbonyl (C=O) groups excluding carboxylic acids is 1. The summed E-state index contributed by atoms with van der Waals surface area (Å²) in [4.78, 5) is 18.1. The number of anilines is 1. The lowest BCUT2D eigenvalue weighted by Gasteiger charge is -2.35. The number of nitrogens with zero attached hydrogens (tertiary/aromatic N) is 1. The SMILES string of the molecule is COCC1(C(=O)Nc2nc(C)c(C)s2)CCNCC1.Cl. The molecule has 0 radical (unpaired) electrons. The van der Waals surface area contributed by atoms with E-state index in [9.17, 15) is 4.79 Å². The average Bonchev–Trinajstić information content (AvgIpc) is 2.69. The van der Waals surface area contributed by atoms with Crippen LogP contribution in [0.25, 0.3) is 0 Å². The Kier molecular flexibility index (Phi) is 6.39. The van der Waals surface area contributed by atoms with Crippen molar-refractivity contribution < 1.29 is 9.53 Å². The van der Waals surface area contributed by atoms with E-state index in [1.807, 2.05) is 13.8 Å². The third-order valence-corrected chi connectivity index (χ3v) is 4.70. The number of methoxy groups -OCH3 is 1. The molecule has 0 atom stereocenters. The van der Waals surface area contributed by atoms with Crippen LogP contribution in [0.2, 0.25) is 0 Å². The minimum absolute atomic E-state index is 0. The summed E-state index contributed by atoms with van der Waals surface area (Å²) in [7, 11) is 1.65. The maximum Gasteiger partial charge on any atom is 0.234 e. The van der Waals surface area contributed by atoms with E-state index in [1.54, 1.807) is 7.11 Å². The number of thiazole rings is 1. The van der Waals surface area contributed by atoms with Gasteiger partial charge in [-0.15, -0.1) is 23.7 Å². The number of aryl methyl sites for hydroxylation is 2. The van der Waals surface area contributed by atoms with Crippen molar-refractivity contribution >= 4 is 34.8 Å². The predicted octanol–water partition coefficient (Wildman–Crippen LogP) is 2.14. The van der Waals surface area contributed by atoms with Gasteiger partial charge in [0.15, 0.2) is 5.13 Å². The summed E-state index contributed by atoms with van der Waals surface area (Å²) in [6.07, 6.45) is 1.60. The van der Waals surface area contributed by atoms with Crippen molar-refractivity contribution in [1.29, 1.82) is 0 Å². The molecule has 1 aliphatic rings. The quantitative estimate of drug-likeness (QED) is 0.892. The first-order valence-electron chi connectivity index (χ1n) is 6.52. The van der Waals surface area contributed by atoms with Crippen molar-refractivity contribution in [2.24, 2.45) is 5.41 Å². The second kappa shape index (κ2) is 7.36. The number of amides is 1. The molecule has 1 aromatic rings. The summed E-state index contributed by atoms with van der Waals surface area (Å²) in [5.41, 5.74) is 0.555. The van der Waals surface area contributed by atoms with Crippen LogP contribution in [0.15, 0.2) is 0 Å². The highest BCUT2D eigenvalue weighted by Gasteiger charge is 2.40. The fraction of sp³-hybridized carbons (Fsp3) is 0.692. The van der Waals surface area contributed by atoms with E-state index < -0.39 is 5.41 Å². The lowest BCUT2D eigenvalue weighted by molar-refractivity contribution is -0.130. The van der Waals surface area contributed by atoms with Crippen molar-refractivity contribution in [2.45, 2.75) is 26.7 Å². The number of piperidine rings is 1. The van der Waals surface area contributed by atoms with Crippen molar-refractivity contribution in [3.8, 4) is 0 Å². The maximum atomic E-state index is 12.5. The molecule has 0 aromatic carbocycles. The third kappa shape index (κ3) is 3.69. The van der Waals surface area contributed by atoms with Gasteiger partial charge in [-0.3, -0.25) is 4.79 Å². The fourth-order valence-electron chi connectivity index (χ4n) is 2.37. The Morgan fingerprint density at radius 3 is 2.60 bits per heavy atom. The monoisotopic (exact) mass is 319 g/mol. The van der Waals surface area contributed by atoms with Crippen LogP contribution in [0.3, 0.4) is 0 Å². The molecule has 7 heteroatoms. The highest BCUT2D eigenvalue weighted by molar-refractivity contribution is 7.15. The minimum Gasteiger partial charge on any atom is -0.384 e. The van der Waals surface area contributed by atoms with Crippen LogP contribution in [0.5, 0.6) is 0 Å². The van der Waals surface area contributed by atoms with Crippen LogP contribution in [-0.2, 0) is 9.53 Å². The van der Waals surface area contributed by atoms with Gasteiger partial charge < -0.3 is 15.4 Å². The number of aromatic nitrogens is 1. The topological polar surface area (TPSA) is 63.2 Å². The molecule has 1 amide bonds. The second-order valence-electron chi connectivity index (χ2n) is 5.08. The zero-order valence-electron chi connectivity index (χ0n) is 12.1. The van der Waals surface area contributed by atoms with Crippen LogP contribution in [-0.4, -0.2) is 37.7 Å². The van der Waals surface area contributed by atoms with E-state index in [1.165, 1.54) is 11.3 Å². The van der Waals surface area contributed by atoms with Crippen molar-refractivity contribution in [2.75, 3.05) is 32.1 Å². The van der Waals surface area contributed by atoms with Gasteiger partial charge in [-0.25, -0.2) is 4.98 Å². The summed E-state index contributed by atoms with van der Waals surface area (Å²) in [6, 6.07) is 0. The summed E-state index contributed by atoms with van der Waals surface area (Å²) in [6.45, 7) is 6.14. The van der Waals surface area contributed by atoms with Crippen LogP contribution >= 0.6 is 23.7 Å². The number of carbonyl (C=O) groups is 1. The van der Waals surface area contributed by atoms with Crippen LogP contribution in [0.1, 0.15) is 23.4 Å². The van der Waals surface area contributed by atoms with Crippen molar-refractivity contribution in [3.63, 3.8) is 0 Å². The van der Waals surface area contributed by atoms with Crippen molar-refractivity contribution in [3.05, 3.63) is 10.6 Å². The van der Waals surface area contributed by atoms with Gasteiger partial charge in [0.2, 0.25) is 5.91 Å². The molecular weight excluding hydrogens is 298 g/mol. The average molecular weight is 320 g/mol. The Balaban J connectivity index is 0.00000200. The zero-order valence-corrected chi connectivity index (χ0v) is 13.7. The van der Waals surface area contributed by atoms with Crippen molar-refractivity contribution in [1.82, 2.24) is 10.3 Å². The van der Waals surface area contributed by atoms with Gasteiger partial charge in [0.25, 0.3) is 0 Å². The van der Waals surface area contributed by atoms with E-state index in [-0.39, 0.29) is 18.3 Å². The van der Waals surface area contributed by atoms with Gasteiger partial charge in [0, 0.05) is 12.0 Å².